The molecule has 1 aliphatic carbocycles. The van der Waals surface area contributed by atoms with Gasteiger partial charge in [0.25, 0.3) is 0 Å². The SMILES string of the molecule is CC1CCC(N)(Cc2cc(Br)cc3c2OCC3)CC1. The first kappa shape index (κ1) is 13.4. The molecule has 1 aliphatic heterocycles. The Morgan fingerprint density at radius 1 is 1.37 bits per heavy atom. The Hall–Kier alpha value is -0.540. The van der Waals surface area contributed by atoms with E-state index < -0.39 is 0 Å². The van der Waals surface area contributed by atoms with Crippen LogP contribution >= 0.6 is 15.9 Å². The normalized spacial score (nSPS) is 29.9. The van der Waals surface area contributed by atoms with E-state index in [2.05, 4.69) is 35.0 Å². The van der Waals surface area contributed by atoms with Gasteiger partial charge in [0, 0.05) is 16.4 Å². The fourth-order valence-electron chi connectivity index (χ4n) is 3.37. The Morgan fingerprint density at radius 3 is 2.84 bits per heavy atom. The van der Waals surface area contributed by atoms with E-state index in [0.29, 0.717) is 0 Å². The average Bonchev–Trinajstić information content (AvgIpc) is 2.81. The molecule has 2 nitrogen and oxygen atoms in total. The van der Waals surface area contributed by atoms with Crippen molar-refractivity contribution < 1.29 is 4.74 Å². The molecule has 1 aromatic rings. The number of benzene rings is 1. The Labute approximate surface area is 123 Å². The second-order valence-corrected chi connectivity index (χ2v) is 7.29. The van der Waals surface area contributed by atoms with Crippen LogP contribution in [-0.4, -0.2) is 12.1 Å². The largest absolute Gasteiger partial charge is 0.493 e. The lowest BCUT2D eigenvalue weighted by atomic mass is 9.74. The van der Waals surface area contributed by atoms with Crippen LogP contribution < -0.4 is 10.5 Å². The summed E-state index contributed by atoms with van der Waals surface area (Å²) in [5.74, 6) is 1.94. The van der Waals surface area contributed by atoms with E-state index in [9.17, 15) is 0 Å². The van der Waals surface area contributed by atoms with Crippen LogP contribution in [0.5, 0.6) is 5.75 Å². The van der Waals surface area contributed by atoms with Gasteiger partial charge in [0.05, 0.1) is 6.61 Å². The highest BCUT2D eigenvalue weighted by atomic mass is 79.9. The van der Waals surface area contributed by atoms with Crippen LogP contribution in [0.1, 0.15) is 43.7 Å². The summed E-state index contributed by atoms with van der Waals surface area (Å²) in [5, 5.41) is 0. The summed E-state index contributed by atoms with van der Waals surface area (Å²) in [6, 6.07) is 4.37. The van der Waals surface area contributed by atoms with Crippen molar-refractivity contribution >= 4 is 15.9 Å². The van der Waals surface area contributed by atoms with Crippen LogP contribution in [0.25, 0.3) is 0 Å². The summed E-state index contributed by atoms with van der Waals surface area (Å²) < 4.78 is 6.97. The highest BCUT2D eigenvalue weighted by molar-refractivity contribution is 9.10. The number of fused-ring (bicyclic) bond motifs is 1. The maximum atomic E-state index is 6.63. The third kappa shape index (κ3) is 2.82. The molecule has 0 atom stereocenters. The van der Waals surface area contributed by atoms with E-state index in [1.54, 1.807) is 0 Å². The lowest BCUT2D eigenvalue weighted by molar-refractivity contribution is 0.241. The molecule has 3 rings (SSSR count). The van der Waals surface area contributed by atoms with Gasteiger partial charge < -0.3 is 10.5 Å². The molecule has 1 aromatic carbocycles. The first-order chi connectivity index (χ1) is 9.06. The molecule has 1 saturated carbocycles. The van der Waals surface area contributed by atoms with E-state index in [1.165, 1.54) is 24.0 Å². The topological polar surface area (TPSA) is 35.2 Å². The minimum Gasteiger partial charge on any atom is -0.493 e. The average molecular weight is 324 g/mol. The number of ether oxygens (including phenoxy) is 1. The lowest BCUT2D eigenvalue weighted by Crippen LogP contribution is -2.45. The summed E-state index contributed by atoms with van der Waals surface area (Å²) in [4.78, 5) is 0. The van der Waals surface area contributed by atoms with Crippen molar-refractivity contribution in [3.8, 4) is 5.75 Å². The van der Waals surface area contributed by atoms with E-state index in [-0.39, 0.29) is 5.54 Å². The maximum absolute atomic E-state index is 6.63. The zero-order valence-corrected chi connectivity index (χ0v) is 13.1. The van der Waals surface area contributed by atoms with Crippen molar-refractivity contribution in [1.29, 1.82) is 0 Å². The van der Waals surface area contributed by atoms with Crippen molar-refractivity contribution in [3.63, 3.8) is 0 Å². The minimum atomic E-state index is -0.0347. The van der Waals surface area contributed by atoms with Crippen LogP contribution in [0, 0.1) is 5.92 Å². The lowest BCUT2D eigenvalue weighted by Gasteiger charge is -2.36. The minimum absolute atomic E-state index is 0.0347. The fraction of sp³-hybridized carbons (Fsp3) is 0.625. The van der Waals surface area contributed by atoms with Crippen molar-refractivity contribution in [2.75, 3.05) is 6.61 Å². The molecule has 1 heterocycles. The van der Waals surface area contributed by atoms with Gasteiger partial charge in [-0.05, 0) is 61.3 Å². The van der Waals surface area contributed by atoms with Crippen molar-refractivity contribution in [2.24, 2.45) is 11.7 Å². The second-order valence-electron chi connectivity index (χ2n) is 6.37. The van der Waals surface area contributed by atoms with Crippen LogP contribution in [0.3, 0.4) is 0 Å². The molecule has 104 valence electrons. The molecule has 2 N–H and O–H groups in total. The van der Waals surface area contributed by atoms with Crippen LogP contribution in [0.2, 0.25) is 0 Å². The number of nitrogens with two attached hydrogens (primary N) is 1. The van der Waals surface area contributed by atoms with E-state index in [1.807, 2.05) is 0 Å². The molecule has 0 amide bonds. The van der Waals surface area contributed by atoms with E-state index in [0.717, 1.165) is 48.4 Å². The highest BCUT2D eigenvalue weighted by Gasteiger charge is 2.32. The standard InChI is InChI=1S/C16H22BrNO/c1-11-2-5-16(18,6-3-11)10-13-9-14(17)8-12-4-7-19-15(12)13/h8-9,11H,2-7,10,18H2,1H3. The van der Waals surface area contributed by atoms with Gasteiger partial charge in [-0.2, -0.15) is 0 Å². The van der Waals surface area contributed by atoms with Gasteiger partial charge in [-0.3, -0.25) is 0 Å². The molecule has 0 bridgehead atoms. The van der Waals surface area contributed by atoms with Crippen molar-refractivity contribution in [3.05, 3.63) is 27.7 Å². The van der Waals surface area contributed by atoms with Gasteiger partial charge in [-0.1, -0.05) is 22.9 Å². The van der Waals surface area contributed by atoms with E-state index in [4.69, 9.17) is 10.5 Å². The van der Waals surface area contributed by atoms with Gasteiger partial charge in [-0.25, -0.2) is 0 Å². The van der Waals surface area contributed by atoms with Gasteiger partial charge in [0.1, 0.15) is 5.75 Å². The third-order valence-electron chi connectivity index (χ3n) is 4.64. The molecule has 19 heavy (non-hydrogen) atoms. The molecule has 0 unspecified atom stereocenters. The molecule has 0 saturated heterocycles. The number of hydrogen-bond donors (Lipinski definition) is 1. The monoisotopic (exact) mass is 323 g/mol. The Balaban J connectivity index is 1.83. The van der Waals surface area contributed by atoms with Gasteiger partial charge in [0.2, 0.25) is 0 Å². The quantitative estimate of drug-likeness (QED) is 0.897. The van der Waals surface area contributed by atoms with Gasteiger partial charge in [0.15, 0.2) is 0 Å². The van der Waals surface area contributed by atoms with Gasteiger partial charge >= 0.3 is 0 Å². The predicted molar refractivity (Wildman–Crippen MR) is 81.6 cm³/mol. The maximum Gasteiger partial charge on any atom is 0.125 e. The predicted octanol–water partition coefficient (Wildman–Crippen LogP) is 3.83. The summed E-state index contributed by atoms with van der Waals surface area (Å²) in [6.07, 6.45) is 6.75. The molecule has 1 fully saturated rings. The highest BCUT2D eigenvalue weighted by Crippen LogP contribution is 2.38. The smallest absolute Gasteiger partial charge is 0.125 e. The zero-order chi connectivity index (χ0) is 13.5. The molecule has 0 aromatic heterocycles. The number of hydrogen-bond acceptors (Lipinski definition) is 2. The summed E-state index contributed by atoms with van der Waals surface area (Å²) in [6.45, 7) is 3.15. The fourth-order valence-corrected chi connectivity index (χ4v) is 3.92. The Bertz CT molecular complexity index is 478. The van der Waals surface area contributed by atoms with Crippen LogP contribution in [0.15, 0.2) is 16.6 Å². The number of rotatable bonds is 2. The molecule has 2 aliphatic rings. The second kappa shape index (κ2) is 5.10. The first-order valence-corrected chi connectivity index (χ1v) is 8.08. The molecular weight excluding hydrogens is 302 g/mol. The van der Waals surface area contributed by atoms with Crippen LogP contribution in [-0.2, 0) is 12.8 Å². The first-order valence-electron chi connectivity index (χ1n) is 7.29. The summed E-state index contributed by atoms with van der Waals surface area (Å²) >= 11 is 3.61. The Kier molecular flexibility index (Phi) is 3.61. The van der Waals surface area contributed by atoms with Crippen LogP contribution in [0.4, 0.5) is 0 Å². The van der Waals surface area contributed by atoms with E-state index >= 15 is 0 Å². The third-order valence-corrected chi connectivity index (χ3v) is 5.10. The Morgan fingerprint density at radius 2 is 2.11 bits per heavy atom. The molecule has 3 heteroatoms. The number of halogens is 1. The van der Waals surface area contributed by atoms with Gasteiger partial charge in [-0.15, -0.1) is 0 Å². The molecule has 0 radical (unpaired) electrons. The summed E-state index contributed by atoms with van der Waals surface area (Å²) in [7, 11) is 0. The van der Waals surface area contributed by atoms with Crippen molar-refractivity contribution in [2.45, 2.75) is 51.0 Å². The van der Waals surface area contributed by atoms with Crippen molar-refractivity contribution in [1.82, 2.24) is 0 Å². The molecule has 0 spiro atoms. The summed E-state index contributed by atoms with van der Waals surface area (Å²) in [5.41, 5.74) is 9.21. The zero-order valence-electron chi connectivity index (χ0n) is 11.5. The molecular formula is C16H22BrNO.